The topological polar surface area (TPSA) is 44.2 Å². The molecule has 148 valence electrons. The molecule has 2 aromatic heterocycles. The van der Waals surface area contributed by atoms with Crippen molar-refractivity contribution in [2.45, 2.75) is 17.7 Å². The number of halogens is 1. The van der Waals surface area contributed by atoms with Gasteiger partial charge >= 0.3 is 0 Å². The molecule has 4 nitrogen and oxygen atoms in total. The van der Waals surface area contributed by atoms with E-state index >= 15 is 0 Å². The van der Waals surface area contributed by atoms with Crippen molar-refractivity contribution in [1.82, 2.24) is 9.97 Å². The first-order chi connectivity index (χ1) is 14.1. The highest BCUT2D eigenvalue weighted by molar-refractivity contribution is 7.98. The molecule has 0 amide bonds. The third-order valence-corrected chi connectivity index (χ3v) is 6.64. The smallest absolute Gasteiger partial charge is 0.161 e. The minimum absolute atomic E-state index is 0.228. The highest BCUT2D eigenvalue weighted by Gasteiger charge is 2.18. The molecule has 2 aromatic carbocycles. The van der Waals surface area contributed by atoms with Crippen LogP contribution in [0.2, 0.25) is 0 Å². The summed E-state index contributed by atoms with van der Waals surface area (Å²) >= 11 is 3.22. The summed E-state index contributed by atoms with van der Waals surface area (Å²) in [4.78, 5) is 11.1. The standard InChI is InChI=1S/C22H19FN2O2S2/c1-13-19(15-7-8-17(26-2)18(10-15)27-3)20-21(24-12-25-22(20)29-13)28-11-14-5-4-6-16(23)9-14/h4-10,12H,11H2,1-3H3. The maximum absolute atomic E-state index is 13.5. The predicted molar refractivity (Wildman–Crippen MR) is 117 cm³/mol. The van der Waals surface area contributed by atoms with Crippen molar-refractivity contribution in [2.75, 3.05) is 14.2 Å². The van der Waals surface area contributed by atoms with E-state index in [1.807, 2.05) is 24.3 Å². The molecule has 0 unspecified atom stereocenters. The highest BCUT2D eigenvalue weighted by Crippen LogP contribution is 2.43. The van der Waals surface area contributed by atoms with Crippen molar-refractivity contribution >= 4 is 33.3 Å². The molecule has 29 heavy (non-hydrogen) atoms. The van der Waals surface area contributed by atoms with E-state index in [2.05, 4.69) is 16.9 Å². The number of hydrogen-bond acceptors (Lipinski definition) is 6. The van der Waals surface area contributed by atoms with Gasteiger partial charge in [0.1, 0.15) is 22.0 Å². The van der Waals surface area contributed by atoms with Crippen LogP contribution < -0.4 is 9.47 Å². The van der Waals surface area contributed by atoms with Gasteiger partial charge < -0.3 is 9.47 Å². The minimum Gasteiger partial charge on any atom is -0.493 e. The van der Waals surface area contributed by atoms with Crippen molar-refractivity contribution in [3.8, 4) is 22.6 Å². The van der Waals surface area contributed by atoms with Gasteiger partial charge in [0.2, 0.25) is 0 Å². The number of methoxy groups -OCH3 is 2. The second-order valence-corrected chi connectivity index (χ2v) is 8.55. The second-order valence-electron chi connectivity index (χ2n) is 6.38. The fourth-order valence-electron chi connectivity index (χ4n) is 3.24. The van der Waals surface area contributed by atoms with E-state index in [-0.39, 0.29) is 5.82 Å². The number of aromatic nitrogens is 2. The largest absolute Gasteiger partial charge is 0.493 e. The normalized spacial score (nSPS) is 11.0. The van der Waals surface area contributed by atoms with E-state index in [1.54, 1.807) is 55.8 Å². The molecule has 4 rings (SSSR count). The monoisotopic (exact) mass is 426 g/mol. The third kappa shape index (κ3) is 3.93. The van der Waals surface area contributed by atoms with E-state index in [9.17, 15) is 4.39 Å². The zero-order valence-corrected chi connectivity index (χ0v) is 17.9. The average molecular weight is 427 g/mol. The number of thioether (sulfide) groups is 1. The van der Waals surface area contributed by atoms with Crippen molar-refractivity contribution < 1.29 is 13.9 Å². The number of benzene rings is 2. The number of fused-ring (bicyclic) bond motifs is 1. The Morgan fingerprint density at radius 2 is 1.86 bits per heavy atom. The summed E-state index contributed by atoms with van der Waals surface area (Å²) in [5, 5.41) is 1.90. The molecule has 0 radical (unpaired) electrons. The Bertz CT molecular complexity index is 1180. The van der Waals surface area contributed by atoms with E-state index in [0.717, 1.165) is 36.8 Å². The van der Waals surface area contributed by atoms with Crippen LogP contribution in [0.25, 0.3) is 21.3 Å². The van der Waals surface area contributed by atoms with Crippen LogP contribution in [0.15, 0.2) is 53.8 Å². The van der Waals surface area contributed by atoms with Crippen LogP contribution in [0.3, 0.4) is 0 Å². The fourth-order valence-corrected chi connectivity index (χ4v) is 5.27. The maximum atomic E-state index is 13.5. The SMILES string of the molecule is COc1ccc(-c2c(C)sc3ncnc(SCc4cccc(F)c4)c23)cc1OC. The van der Waals surface area contributed by atoms with Gasteiger partial charge in [0.05, 0.1) is 19.6 Å². The van der Waals surface area contributed by atoms with Crippen molar-refractivity contribution in [3.63, 3.8) is 0 Å². The lowest BCUT2D eigenvalue weighted by Crippen LogP contribution is -1.92. The number of nitrogens with zero attached hydrogens (tertiary/aromatic N) is 2. The lowest BCUT2D eigenvalue weighted by molar-refractivity contribution is 0.355. The molecule has 0 aliphatic heterocycles. The first-order valence-electron chi connectivity index (χ1n) is 8.94. The summed E-state index contributed by atoms with van der Waals surface area (Å²) in [6.45, 7) is 2.08. The fraction of sp³-hybridized carbons (Fsp3) is 0.182. The lowest BCUT2D eigenvalue weighted by Gasteiger charge is -2.11. The molecule has 0 saturated carbocycles. The van der Waals surface area contributed by atoms with E-state index in [1.165, 1.54) is 6.07 Å². The molecular formula is C22H19FN2O2S2. The summed E-state index contributed by atoms with van der Waals surface area (Å²) < 4.78 is 24.4. The highest BCUT2D eigenvalue weighted by atomic mass is 32.2. The number of aryl methyl sites for hydroxylation is 1. The maximum Gasteiger partial charge on any atom is 0.161 e. The van der Waals surface area contributed by atoms with Crippen molar-refractivity contribution in [2.24, 2.45) is 0 Å². The van der Waals surface area contributed by atoms with E-state index < -0.39 is 0 Å². The molecule has 4 aromatic rings. The van der Waals surface area contributed by atoms with Crippen LogP contribution in [0.1, 0.15) is 10.4 Å². The van der Waals surface area contributed by atoms with Gasteiger partial charge in [-0.1, -0.05) is 18.2 Å². The quantitative estimate of drug-likeness (QED) is 0.275. The van der Waals surface area contributed by atoms with Crippen LogP contribution in [0, 0.1) is 12.7 Å². The van der Waals surface area contributed by atoms with Crippen LogP contribution in [0.5, 0.6) is 11.5 Å². The predicted octanol–water partition coefficient (Wildman–Crippen LogP) is 6.12. The Labute approximate surface area is 176 Å². The minimum atomic E-state index is -0.228. The molecule has 0 atom stereocenters. The molecular weight excluding hydrogens is 407 g/mol. The molecule has 0 aliphatic carbocycles. The number of ether oxygens (including phenoxy) is 2. The van der Waals surface area contributed by atoms with Crippen LogP contribution >= 0.6 is 23.1 Å². The molecule has 0 fully saturated rings. The zero-order valence-electron chi connectivity index (χ0n) is 16.2. The van der Waals surface area contributed by atoms with Gasteiger partial charge in [-0.2, -0.15) is 0 Å². The van der Waals surface area contributed by atoms with Crippen LogP contribution in [-0.2, 0) is 5.75 Å². The third-order valence-electron chi connectivity index (χ3n) is 4.57. The van der Waals surface area contributed by atoms with Gasteiger partial charge in [-0.3, -0.25) is 0 Å². The molecule has 0 N–H and O–H groups in total. The van der Waals surface area contributed by atoms with E-state index in [0.29, 0.717) is 17.3 Å². The molecule has 0 saturated heterocycles. The average Bonchev–Trinajstić information content (AvgIpc) is 3.08. The molecule has 0 bridgehead atoms. The first-order valence-corrected chi connectivity index (χ1v) is 10.7. The number of hydrogen-bond donors (Lipinski definition) is 0. The number of rotatable bonds is 6. The Balaban J connectivity index is 1.78. The second kappa shape index (κ2) is 8.39. The van der Waals surface area contributed by atoms with Gasteiger partial charge in [0.15, 0.2) is 11.5 Å². The lowest BCUT2D eigenvalue weighted by atomic mass is 10.0. The summed E-state index contributed by atoms with van der Waals surface area (Å²) in [5.74, 6) is 1.76. The molecule has 0 aliphatic rings. The van der Waals surface area contributed by atoms with Crippen molar-refractivity contribution in [3.05, 3.63) is 65.0 Å². The summed E-state index contributed by atoms with van der Waals surface area (Å²) in [6.07, 6.45) is 1.59. The summed E-state index contributed by atoms with van der Waals surface area (Å²) in [5.41, 5.74) is 3.03. The molecule has 2 heterocycles. The van der Waals surface area contributed by atoms with Crippen LogP contribution in [0.4, 0.5) is 4.39 Å². The Morgan fingerprint density at radius 3 is 2.62 bits per heavy atom. The van der Waals surface area contributed by atoms with Gasteiger partial charge in [-0.25, -0.2) is 14.4 Å². The summed E-state index contributed by atoms with van der Waals surface area (Å²) in [6, 6.07) is 12.5. The molecule has 7 heteroatoms. The Kier molecular flexibility index (Phi) is 5.69. The Morgan fingerprint density at radius 1 is 1.03 bits per heavy atom. The van der Waals surface area contributed by atoms with E-state index in [4.69, 9.17) is 9.47 Å². The first kappa shape index (κ1) is 19.7. The summed E-state index contributed by atoms with van der Waals surface area (Å²) in [7, 11) is 3.25. The van der Waals surface area contributed by atoms with Gasteiger partial charge in [-0.05, 0) is 42.3 Å². The van der Waals surface area contributed by atoms with Gasteiger partial charge in [0.25, 0.3) is 0 Å². The Hall–Kier alpha value is -2.64. The van der Waals surface area contributed by atoms with Gasteiger partial charge in [0, 0.05) is 16.2 Å². The van der Waals surface area contributed by atoms with Gasteiger partial charge in [-0.15, -0.1) is 23.1 Å². The zero-order chi connectivity index (χ0) is 20.4. The van der Waals surface area contributed by atoms with Crippen molar-refractivity contribution in [1.29, 1.82) is 0 Å². The molecule has 0 spiro atoms. The number of thiophene rings is 1. The van der Waals surface area contributed by atoms with Crippen LogP contribution in [-0.4, -0.2) is 24.2 Å².